The van der Waals surface area contributed by atoms with Crippen LogP contribution in [0, 0.1) is 5.82 Å². The minimum atomic E-state index is -0.181. The summed E-state index contributed by atoms with van der Waals surface area (Å²) in [5.41, 5.74) is 1.24. The fraction of sp³-hybridized carbons (Fsp3) is 0.188. The molecule has 20 heavy (non-hydrogen) atoms. The summed E-state index contributed by atoms with van der Waals surface area (Å²) in [6.07, 6.45) is 3.62. The molecule has 1 aromatic carbocycles. The minimum absolute atomic E-state index is 0.181. The Morgan fingerprint density at radius 2 is 1.90 bits per heavy atom. The van der Waals surface area contributed by atoms with E-state index in [1.165, 1.54) is 16.5 Å². The number of halogens is 2. The van der Waals surface area contributed by atoms with Crippen LogP contribution in [0.25, 0.3) is 10.1 Å². The SMILES string of the molecule is CC(c1ccncc1)C(Br)c1cc2ccc(F)cc2s1. The number of nitrogens with zero attached hydrogens (tertiary/aromatic N) is 1. The van der Waals surface area contributed by atoms with E-state index in [9.17, 15) is 4.39 Å². The van der Waals surface area contributed by atoms with E-state index in [1.54, 1.807) is 17.4 Å². The molecule has 0 aliphatic carbocycles. The van der Waals surface area contributed by atoms with Crippen LogP contribution in [0.1, 0.15) is 28.1 Å². The van der Waals surface area contributed by atoms with Gasteiger partial charge in [0, 0.05) is 22.0 Å². The largest absolute Gasteiger partial charge is 0.265 e. The van der Waals surface area contributed by atoms with Crippen molar-refractivity contribution in [3.8, 4) is 0 Å². The second-order valence-electron chi connectivity index (χ2n) is 4.80. The highest BCUT2D eigenvalue weighted by atomic mass is 79.9. The van der Waals surface area contributed by atoms with E-state index in [0.717, 1.165) is 10.1 Å². The molecule has 0 saturated carbocycles. The lowest BCUT2D eigenvalue weighted by atomic mass is 9.98. The molecule has 0 amide bonds. The maximum absolute atomic E-state index is 13.3. The summed E-state index contributed by atoms with van der Waals surface area (Å²) in [6, 6.07) is 11.1. The topological polar surface area (TPSA) is 12.9 Å². The number of benzene rings is 1. The molecule has 102 valence electrons. The molecule has 4 heteroatoms. The third-order valence-corrected chi connectivity index (χ3v) is 6.21. The molecule has 1 nitrogen and oxygen atoms in total. The molecule has 3 aromatic rings. The Balaban J connectivity index is 1.94. The first-order valence-electron chi connectivity index (χ1n) is 6.38. The van der Waals surface area contributed by atoms with E-state index < -0.39 is 0 Å². The van der Waals surface area contributed by atoms with Crippen LogP contribution in [-0.4, -0.2) is 4.98 Å². The van der Waals surface area contributed by atoms with Gasteiger partial charge in [0.15, 0.2) is 0 Å². The second kappa shape index (κ2) is 5.62. The van der Waals surface area contributed by atoms with Crippen molar-refractivity contribution in [2.45, 2.75) is 17.7 Å². The third-order valence-electron chi connectivity index (χ3n) is 3.44. The smallest absolute Gasteiger partial charge is 0.124 e. The molecule has 2 unspecified atom stereocenters. The lowest BCUT2D eigenvalue weighted by Gasteiger charge is -2.17. The molecule has 0 aliphatic heterocycles. The van der Waals surface area contributed by atoms with Gasteiger partial charge >= 0.3 is 0 Å². The maximum Gasteiger partial charge on any atom is 0.124 e. The third kappa shape index (κ3) is 2.63. The number of hydrogen-bond acceptors (Lipinski definition) is 2. The summed E-state index contributed by atoms with van der Waals surface area (Å²) in [7, 11) is 0. The molecule has 2 aromatic heterocycles. The standard InChI is InChI=1S/C16H13BrFNS/c1-10(11-4-6-19-7-5-11)16(17)15-8-12-2-3-13(18)9-14(12)20-15/h2-10,16H,1H3. The second-order valence-corrected chi connectivity index (χ2v) is 6.90. The van der Waals surface area contributed by atoms with Gasteiger partial charge in [-0.1, -0.05) is 28.9 Å². The first-order valence-corrected chi connectivity index (χ1v) is 8.11. The van der Waals surface area contributed by atoms with Crippen LogP contribution >= 0.6 is 27.3 Å². The Kier molecular flexibility index (Phi) is 3.85. The molecule has 0 saturated heterocycles. The van der Waals surface area contributed by atoms with Gasteiger partial charge in [-0.25, -0.2) is 4.39 Å². The predicted molar refractivity (Wildman–Crippen MR) is 86.1 cm³/mol. The van der Waals surface area contributed by atoms with E-state index in [1.807, 2.05) is 30.6 Å². The molecular weight excluding hydrogens is 337 g/mol. The number of alkyl halides is 1. The van der Waals surface area contributed by atoms with Gasteiger partial charge in [-0.2, -0.15) is 0 Å². The van der Waals surface area contributed by atoms with Gasteiger partial charge in [0.25, 0.3) is 0 Å². The average Bonchev–Trinajstić information content (AvgIpc) is 2.89. The zero-order valence-electron chi connectivity index (χ0n) is 10.9. The Labute approximate surface area is 129 Å². The Morgan fingerprint density at radius 1 is 1.15 bits per heavy atom. The Hall–Kier alpha value is -1.26. The summed E-state index contributed by atoms with van der Waals surface area (Å²) >= 11 is 5.42. The molecule has 0 aliphatic rings. The first kappa shape index (κ1) is 13.7. The number of aromatic nitrogens is 1. The number of thiophene rings is 1. The van der Waals surface area contributed by atoms with Crippen molar-refractivity contribution in [1.82, 2.24) is 4.98 Å². The molecule has 0 spiro atoms. The van der Waals surface area contributed by atoms with Crippen LogP contribution < -0.4 is 0 Å². The van der Waals surface area contributed by atoms with Crippen molar-refractivity contribution >= 4 is 37.4 Å². The van der Waals surface area contributed by atoms with Crippen molar-refractivity contribution in [3.05, 3.63) is 65.0 Å². The normalized spacial score (nSPS) is 14.3. The highest BCUT2D eigenvalue weighted by Gasteiger charge is 2.20. The van der Waals surface area contributed by atoms with E-state index in [-0.39, 0.29) is 10.6 Å². The summed E-state index contributed by atoms with van der Waals surface area (Å²) in [5.74, 6) is 0.148. The monoisotopic (exact) mass is 349 g/mol. The van der Waals surface area contributed by atoms with Crippen molar-refractivity contribution in [2.24, 2.45) is 0 Å². The van der Waals surface area contributed by atoms with Crippen molar-refractivity contribution in [3.63, 3.8) is 0 Å². The van der Waals surface area contributed by atoms with Gasteiger partial charge < -0.3 is 0 Å². The van der Waals surface area contributed by atoms with E-state index in [4.69, 9.17) is 0 Å². The van der Waals surface area contributed by atoms with Gasteiger partial charge in [0.05, 0.1) is 4.83 Å². The van der Waals surface area contributed by atoms with Gasteiger partial charge in [0.1, 0.15) is 5.82 Å². The van der Waals surface area contributed by atoms with Crippen molar-refractivity contribution < 1.29 is 4.39 Å². The molecule has 3 rings (SSSR count). The molecule has 0 bridgehead atoms. The zero-order valence-corrected chi connectivity index (χ0v) is 13.3. The van der Waals surface area contributed by atoms with Gasteiger partial charge in [-0.3, -0.25) is 4.98 Å². The lowest BCUT2D eigenvalue weighted by Crippen LogP contribution is -2.00. The summed E-state index contributed by atoms with van der Waals surface area (Å²) in [6.45, 7) is 2.18. The Morgan fingerprint density at radius 3 is 2.65 bits per heavy atom. The molecule has 0 N–H and O–H groups in total. The minimum Gasteiger partial charge on any atom is -0.265 e. The summed E-state index contributed by atoms with van der Waals surface area (Å²) in [4.78, 5) is 5.48. The maximum atomic E-state index is 13.3. The van der Waals surface area contributed by atoms with Gasteiger partial charge in [-0.15, -0.1) is 11.3 Å². The molecule has 0 radical (unpaired) electrons. The fourth-order valence-corrected chi connectivity index (χ4v) is 4.13. The number of rotatable bonds is 3. The molecule has 2 atom stereocenters. The lowest BCUT2D eigenvalue weighted by molar-refractivity contribution is 0.630. The number of hydrogen-bond donors (Lipinski definition) is 0. The van der Waals surface area contributed by atoms with Crippen LogP contribution in [0.3, 0.4) is 0 Å². The van der Waals surface area contributed by atoms with Crippen LogP contribution in [0.4, 0.5) is 4.39 Å². The predicted octanol–water partition coefficient (Wildman–Crippen LogP) is 5.68. The molecule has 0 fully saturated rings. The van der Waals surface area contributed by atoms with Gasteiger partial charge in [0.2, 0.25) is 0 Å². The van der Waals surface area contributed by atoms with Crippen LogP contribution in [0.5, 0.6) is 0 Å². The van der Waals surface area contributed by atoms with E-state index in [0.29, 0.717) is 5.92 Å². The Bertz CT molecular complexity index is 726. The van der Waals surface area contributed by atoms with Crippen LogP contribution in [0.15, 0.2) is 48.8 Å². The summed E-state index contributed by atoms with van der Waals surface area (Å²) < 4.78 is 14.3. The molecular formula is C16H13BrFNS. The fourth-order valence-electron chi connectivity index (χ4n) is 2.24. The highest BCUT2D eigenvalue weighted by Crippen LogP contribution is 2.42. The van der Waals surface area contributed by atoms with E-state index >= 15 is 0 Å². The number of fused-ring (bicyclic) bond motifs is 1. The van der Waals surface area contributed by atoms with Crippen LogP contribution in [-0.2, 0) is 0 Å². The zero-order chi connectivity index (χ0) is 14.1. The van der Waals surface area contributed by atoms with E-state index in [2.05, 4.69) is 33.9 Å². The molecule has 2 heterocycles. The number of pyridine rings is 1. The quantitative estimate of drug-likeness (QED) is 0.554. The summed E-state index contributed by atoms with van der Waals surface area (Å²) in [5, 5.41) is 1.10. The first-order chi connectivity index (χ1) is 9.65. The van der Waals surface area contributed by atoms with Gasteiger partial charge in [-0.05, 0) is 47.2 Å². The average molecular weight is 350 g/mol. The highest BCUT2D eigenvalue weighted by molar-refractivity contribution is 9.09. The van der Waals surface area contributed by atoms with Crippen molar-refractivity contribution in [1.29, 1.82) is 0 Å². The van der Waals surface area contributed by atoms with Crippen molar-refractivity contribution in [2.75, 3.05) is 0 Å². The van der Waals surface area contributed by atoms with Crippen LogP contribution in [0.2, 0.25) is 0 Å².